The van der Waals surface area contributed by atoms with Crippen molar-refractivity contribution in [2.45, 2.75) is 139 Å². The van der Waals surface area contributed by atoms with Crippen LogP contribution in [0.25, 0.3) is 10.9 Å². The molecule has 0 radical (unpaired) electrons. The molecule has 3 aliphatic heterocycles. The lowest BCUT2D eigenvalue weighted by molar-refractivity contribution is -0.142. The highest BCUT2D eigenvalue weighted by Gasteiger charge is 2.63. The summed E-state index contributed by atoms with van der Waals surface area (Å²) < 4.78 is 40.2. The normalized spacial score (nSPS) is 29.3. The molecule has 57 heavy (non-hydrogen) atoms. The van der Waals surface area contributed by atoms with E-state index in [1.165, 1.54) is 16.7 Å². The fraction of sp³-hybridized carbons (Fsp3) is 0.585. The highest BCUT2D eigenvalue weighted by Crippen LogP contribution is 2.48. The third-order valence-electron chi connectivity index (χ3n) is 11.8. The second kappa shape index (κ2) is 15.8. The Morgan fingerprint density at radius 2 is 1.91 bits per heavy atom. The number of benzene rings is 1. The number of carbonyl (C=O) groups excluding carboxylic acids is 4. The molecule has 7 rings (SSSR count). The SMILES string of the molecule is CC1=CCC(C(=O)N[C@H]2CCCCC/C=C\C3C[C@@]3(C(=O)NS(=O)(=O)C3(C)CC3)NC(=O)[C@@H]3C[C@@H](Oc4cc(OC(C)C)nc5c(C)c(O)ccc45)CN3C2=O)S1. The van der Waals surface area contributed by atoms with Gasteiger partial charge in [-0.05, 0) is 96.6 Å². The Kier molecular flexibility index (Phi) is 11.3. The van der Waals surface area contributed by atoms with Crippen LogP contribution in [0.4, 0.5) is 0 Å². The van der Waals surface area contributed by atoms with E-state index in [2.05, 4.69) is 20.3 Å². The summed E-state index contributed by atoms with van der Waals surface area (Å²) in [6.45, 7) is 8.99. The first-order valence-corrected chi connectivity index (χ1v) is 22.3. The lowest BCUT2D eigenvalue weighted by Crippen LogP contribution is -2.59. The van der Waals surface area contributed by atoms with Gasteiger partial charge in [-0.2, -0.15) is 0 Å². The monoisotopic (exact) mass is 823 g/mol. The Bertz CT molecular complexity index is 2130. The van der Waals surface area contributed by atoms with Crippen molar-refractivity contribution < 1.29 is 42.2 Å². The number of aromatic nitrogens is 1. The molecule has 4 amide bonds. The van der Waals surface area contributed by atoms with Gasteiger partial charge in [-0.1, -0.05) is 31.1 Å². The van der Waals surface area contributed by atoms with Gasteiger partial charge < -0.3 is 30.1 Å². The maximum absolute atomic E-state index is 14.7. The zero-order valence-electron chi connectivity index (χ0n) is 33.1. The summed E-state index contributed by atoms with van der Waals surface area (Å²) in [5, 5.41) is 16.7. The van der Waals surface area contributed by atoms with Crippen molar-refractivity contribution in [2.75, 3.05) is 6.54 Å². The fourth-order valence-electron chi connectivity index (χ4n) is 7.91. The standard InChI is InChI=1S/C41H53N5O9S2/c1-23(2)54-34-20-32(28-14-15-31(47)25(4)35(28)43-34)55-27-19-30-36(48)44-41(39(51)45-57(52,53)40(5)17-18-40)21-26(41)11-9-7-6-8-10-12-29(38(50)46(30)22-27)42-37(49)33-16-13-24(3)56-33/h9,11,13-15,20,23,26-27,29-30,33,47H,6-8,10,12,16-19,21-22H2,1-5H3,(H,42,49)(H,44,48)(H,45,51)/b11-9-/t26?,27-,29+,30+,33?,41-/m1/s1. The maximum Gasteiger partial charge on any atom is 0.259 e. The first-order valence-electron chi connectivity index (χ1n) is 20.0. The Morgan fingerprint density at radius 3 is 2.61 bits per heavy atom. The van der Waals surface area contributed by atoms with E-state index < -0.39 is 62.1 Å². The van der Waals surface area contributed by atoms with Crippen LogP contribution in [-0.4, -0.2) is 93.4 Å². The molecule has 0 spiro atoms. The van der Waals surface area contributed by atoms with Crippen LogP contribution >= 0.6 is 11.8 Å². The van der Waals surface area contributed by atoms with Gasteiger partial charge in [-0.15, -0.1) is 11.8 Å². The molecule has 1 saturated heterocycles. The van der Waals surface area contributed by atoms with Crippen LogP contribution in [-0.2, 0) is 29.2 Å². The maximum atomic E-state index is 14.7. The average Bonchev–Trinajstić information content (AvgIpc) is 3.95. The van der Waals surface area contributed by atoms with E-state index in [1.54, 1.807) is 32.0 Å². The number of sulfonamides is 1. The second-order valence-corrected chi connectivity index (χ2v) is 20.3. The minimum Gasteiger partial charge on any atom is -0.508 e. The molecular weight excluding hydrogens is 771 g/mol. The van der Waals surface area contributed by atoms with Crippen LogP contribution in [0.1, 0.15) is 97.5 Å². The van der Waals surface area contributed by atoms with Gasteiger partial charge in [-0.3, -0.25) is 23.9 Å². The van der Waals surface area contributed by atoms with E-state index in [-0.39, 0.29) is 48.3 Å². The summed E-state index contributed by atoms with van der Waals surface area (Å²) in [5.74, 6) is -1.83. The van der Waals surface area contributed by atoms with Gasteiger partial charge in [0, 0.05) is 29.4 Å². The number of amides is 4. The molecule has 2 saturated carbocycles. The molecule has 6 atom stereocenters. The predicted molar refractivity (Wildman–Crippen MR) is 216 cm³/mol. The summed E-state index contributed by atoms with van der Waals surface area (Å²) >= 11 is 1.46. The molecule has 5 aliphatic rings. The van der Waals surface area contributed by atoms with E-state index in [9.17, 15) is 32.7 Å². The smallest absolute Gasteiger partial charge is 0.259 e. The second-order valence-electron chi connectivity index (χ2n) is 16.7. The van der Waals surface area contributed by atoms with Crippen LogP contribution in [0.5, 0.6) is 17.4 Å². The summed E-state index contributed by atoms with van der Waals surface area (Å²) in [7, 11) is -4.00. The largest absolute Gasteiger partial charge is 0.508 e. The third kappa shape index (κ3) is 8.48. The molecule has 0 bridgehead atoms. The number of aryl methyl sites for hydroxylation is 1. The highest BCUT2D eigenvalue weighted by molar-refractivity contribution is 8.04. The molecule has 3 fully saturated rings. The molecule has 16 heteroatoms. The summed E-state index contributed by atoms with van der Waals surface area (Å²) in [6, 6.07) is 2.85. The number of thioether (sulfide) groups is 1. The van der Waals surface area contributed by atoms with Crippen molar-refractivity contribution in [1.29, 1.82) is 0 Å². The zero-order valence-corrected chi connectivity index (χ0v) is 34.8. The molecule has 4 N–H and O–H groups in total. The van der Waals surface area contributed by atoms with Crippen molar-refractivity contribution in [1.82, 2.24) is 25.2 Å². The minimum absolute atomic E-state index is 0.0152. The molecule has 1 aromatic heterocycles. The Morgan fingerprint density at radius 1 is 1.14 bits per heavy atom. The van der Waals surface area contributed by atoms with E-state index in [4.69, 9.17) is 9.47 Å². The number of ether oxygens (including phenoxy) is 2. The van der Waals surface area contributed by atoms with Gasteiger partial charge in [0.05, 0.1) is 28.2 Å². The van der Waals surface area contributed by atoms with Crippen LogP contribution in [0.3, 0.4) is 0 Å². The van der Waals surface area contributed by atoms with E-state index >= 15 is 0 Å². The molecule has 14 nitrogen and oxygen atoms in total. The van der Waals surface area contributed by atoms with Crippen LogP contribution in [0.2, 0.25) is 0 Å². The number of pyridine rings is 1. The van der Waals surface area contributed by atoms with Crippen molar-refractivity contribution in [2.24, 2.45) is 5.92 Å². The Hall–Kier alpha value is -4.31. The van der Waals surface area contributed by atoms with Gasteiger partial charge in [0.25, 0.3) is 5.91 Å². The van der Waals surface area contributed by atoms with Crippen LogP contribution in [0.15, 0.2) is 41.3 Å². The predicted octanol–water partition coefficient (Wildman–Crippen LogP) is 4.67. The van der Waals surface area contributed by atoms with Crippen molar-refractivity contribution in [3.8, 4) is 17.4 Å². The topological polar surface area (TPSA) is 193 Å². The van der Waals surface area contributed by atoms with Gasteiger partial charge >= 0.3 is 0 Å². The Labute approximate surface area is 338 Å². The van der Waals surface area contributed by atoms with Gasteiger partial charge in [-0.25, -0.2) is 13.4 Å². The Balaban J connectivity index is 1.22. The third-order valence-corrected chi connectivity index (χ3v) is 15.2. The number of hydrogen-bond acceptors (Lipinski definition) is 11. The average molecular weight is 824 g/mol. The molecule has 4 heterocycles. The molecule has 2 aliphatic carbocycles. The number of hydrogen-bond donors (Lipinski definition) is 4. The van der Waals surface area contributed by atoms with Crippen LogP contribution in [0, 0.1) is 12.8 Å². The number of rotatable bonds is 9. The molecule has 308 valence electrons. The molecule has 2 aromatic rings. The fourth-order valence-corrected chi connectivity index (χ4v) is 10.2. The number of allylic oxidation sites excluding steroid dienone is 3. The number of fused-ring (bicyclic) bond motifs is 3. The first kappa shape index (κ1) is 40.9. The van der Waals surface area contributed by atoms with Crippen molar-refractivity contribution >= 4 is 56.3 Å². The van der Waals surface area contributed by atoms with Gasteiger partial charge in [0.15, 0.2) is 0 Å². The van der Waals surface area contributed by atoms with Gasteiger partial charge in [0.1, 0.15) is 35.2 Å². The van der Waals surface area contributed by atoms with Crippen LogP contribution < -0.4 is 24.8 Å². The molecule has 2 unspecified atom stereocenters. The summed E-state index contributed by atoms with van der Waals surface area (Å²) in [4.78, 5) is 63.9. The quantitative estimate of drug-likeness (QED) is 0.257. The zero-order chi connectivity index (χ0) is 40.9. The van der Waals surface area contributed by atoms with E-state index in [0.717, 1.165) is 17.7 Å². The summed E-state index contributed by atoms with van der Waals surface area (Å²) in [5.41, 5.74) is -0.529. The molecule has 1 aromatic carbocycles. The number of carbonyl (C=O) groups is 4. The van der Waals surface area contributed by atoms with Gasteiger partial charge in [0.2, 0.25) is 33.6 Å². The van der Waals surface area contributed by atoms with E-state index in [1.807, 2.05) is 39.0 Å². The lowest BCUT2D eigenvalue weighted by Gasteiger charge is -2.30. The number of phenolic OH excluding ortho intramolecular Hbond substituents is 1. The number of phenols is 1. The number of nitrogens with zero attached hydrogens (tertiary/aromatic N) is 2. The summed E-state index contributed by atoms with van der Waals surface area (Å²) in [6.07, 6.45) is 9.88. The van der Waals surface area contributed by atoms with Crippen molar-refractivity contribution in [3.05, 3.63) is 46.9 Å². The number of nitrogens with one attached hydrogen (secondary N) is 3. The van der Waals surface area contributed by atoms with E-state index in [0.29, 0.717) is 60.7 Å². The lowest BCUT2D eigenvalue weighted by atomic mass is 10.0. The van der Waals surface area contributed by atoms with Crippen molar-refractivity contribution in [3.63, 3.8) is 0 Å². The molecular formula is C41H53N5O9S2. The minimum atomic E-state index is -4.00. The first-order chi connectivity index (χ1) is 27.0. The number of aromatic hydroxyl groups is 1. The highest BCUT2D eigenvalue weighted by atomic mass is 32.2.